The van der Waals surface area contributed by atoms with Crippen LogP contribution in [0.4, 0.5) is 5.69 Å². The smallest absolute Gasteiger partial charge is 0.174 e. The molecule has 0 amide bonds. The number of ether oxygens (including phenoxy) is 1. The number of benzene rings is 2. The Morgan fingerprint density at radius 1 is 0.970 bits per heavy atom. The second-order valence-corrected chi connectivity index (χ2v) is 8.41. The standard InChI is InChI=1S/C27H26N4OS/c1-3-19-12-14-20(15-13-19)31-26(25(29-27(31)33)23-10-4-5-16-28-23)24-11-7-17-30(24)21-8-6-9-22(18-21)32-2/h4-18,25-26H,3H2,1-2H3,(H,29,33)/t25-,26+/m0/s1. The average Bonchev–Trinajstić information content (AvgIpc) is 3.49. The zero-order valence-electron chi connectivity index (χ0n) is 18.7. The van der Waals surface area contributed by atoms with Crippen molar-refractivity contribution in [2.24, 2.45) is 0 Å². The molecule has 6 heteroatoms. The molecule has 1 aliphatic rings. The van der Waals surface area contributed by atoms with Crippen LogP contribution in [-0.2, 0) is 6.42 Å². The van der Waals surface area contributed by atoms with Crippen LogP contribution in [0.3, 0.4) is 0 Å². The zero-order valence-corrected chi connectivity index (χ0v) is 19.5. The van der Waals surface area contributed by atoms with Crippen molar-refractivity contribution in [2.75, 3.05) is 12.0 Å². The quantitative estimate of drug-likeness (QED) is 0.383. The minimum absolute atomic E-state index is 0.0823. The molecule has 4 aromatic rings. The van der Waals surface area contributed by atoms with E-state index in [0.717, 1.165) is 34.9 Å². The van der Waals surface area contributed by atoms with E-state index in [2.05, 4.69) is 81.4 Å². The van der Waals surface area contributed by atoms with E-state index < -0.39 is 0 Å². The third-order valence-electron chi connectivity index (χ3n) is 6.14. The first-order chi connectivity index (χ1) is 16.2. The van der Waals surface area contributed by atoms with Gasteiger partial charge in [0.2, 0.25) is 0 Å². The van der Waals surface area contributed by atoms with Gasteiger partial charge in [0.05, 0.1) is 18.8 Å². The fourth-order valence-electron chi connectivity index (χ4n) is 4.46. The molecule has 1 aliphatic heterocycles. The molecule has 0 radical (unpaired) electrons. The summed E-state index contributed by atoms with van der Waals surface area (Å²) in [7, 11) is 1.69. The highest BCUT2D eigenvalue weighted by Gasteiger charge is 2.42. The van der Waals surface area contributed by atoms with Crippen LogP contribution < -0.4 is 15.0 Å². The van der Waals surface area contributed by atoms with E-state index in [1.165, 1.54) is 5.56 Å². The second-order valence-electron chi connectivity index (χ2n) is 8.02. The van der Waals surface area contributed by atoms with Crippen molar-refractivity contribution < 1.29 is 4.74 Å². The molecule has 2 atom stereocenters. The molecule has 5 rings (SSSR count). The third kappa shape index (κ3) is 3.98. The fourth-order valence-corrected chi connectivity index (χ4v) is 4.80. The van der Waals surface area contributed by atoms with Gasteiger partial charge in [-0.3, -0.25) is 4.98 Å². The van der Waals surface area contributed by atoms with Crippen molar-refractivity contribution in [1.82, 2.24) is 14.9 Å². The summed E-state index contributed by atoms with van der Waals surface area (Å²) in [6.45, 7) is 2.16. The minimum atomic E-state index is -0.0937. The van der Waals surface area contributed by atoms with E-state index in [4.69, 9.17) is 17.0 Å². The summed E-state index contributed by atoms with van der Waals surface area (Å²) >= 11 is 5.87. The van der Waals surface area contributed by atoms with Gasteiger partial charge in [-0.05, 0) is 72.7 Å². The normalized spacial score (nSPS) is 17.8. The Labute approximate surface area is 199 Å². The first-order valence-electron chi connectivity index (χ1n) is 11.1. The van der Waals surface area contributed by atoms with Gasteiger partial charge in [-0.25, -0.2) is 0 Å². The number of aromatic nitrogens is 2. The van der Waals surface area contributed by atoms with Crippen molar-refractivity contribution in [3.8, 4) is 11.4 Å². The summed E-state index contributed by atoms with van der Waals surface area (Å²) < 4.78 is 7.67. The average molecular weight is 455 g/mol. The Bertz CT molecular complexity index is 1250. The number of thiocarbonyl (C=S) groups is 1. The fraction of sp³-hybridized carbons (Fsp3) is 0.185. The van der Waals surface area contributed by atoms with E-state index in [1.54, 1.807) is 7.11 Å². The lowest BCUT2D eigenvalue weighted by molar-refractivity contribution is 0.414. The highest BCUT2D eigenvalue weighted by atomic mass is 32.1. The van der Waals surface area contributed by atoms with Gasteiger partial charge >= 0.3 is 0 Å². The summed E-state index contributed by atoms with van der Waals surface area (Å²) in [4.78, 5) is 6.87. The molecule has 1 saturated heterocycles. The van der Waals surface area contributed by atoms with Crippen LogP contribution in [-0.4, -0.2) is 21.8 Å². The molecule has 0 unspecified atom stereocenters. The maximum absolute atomic E-state index is 5.87. The van der Waals surface area contributed by atoms with Gasteiger partial charge in [0.1, 0.15) is 11.8 Å². The minimum Gasteiger partial charge on any atom is -0.497 e. The van der Waals surface area contributed by atoms with Crippen LogP contribution in [0.15, 0.2) is 91.3 Å². The molecule has 5 nitrogen and oxygen atoms in total. The Morgan fingerprint density at radius 2 is 1.82 bits per heavy atom. The van der Waals surface area contributed by atoms with E-state index in [0.29, 0.717) is 5.11 Å². The number of pyridine rings is 1. The van der Waals surface area contributed by atoms with Crippen molar-refractivity contribution in [3.63, 3.8) is 0 Å². The molecule has 0 spiro atoms. The van der Waals surface area contributed by atoms with Crippen LogP contribution >= 0.6 is 12.2 Å². The van der Waals surface area contributed by atoms with Gasteiger partial charge in [0, 0.05) is 35.5 Å². The van der Waals surface area contributed by atoms with Crippen molar-refractivity contribution in [2.45, 2.75) is 25.4 Å². The predicted molar refractivity (Wildman–Crippen MR) is 136 cm³/mol. The van der Waals surface area contributed by atoms with Gasteiger partial charge in [0.15, 0.2) is 5.11 Å². The monoisotopic (exact) mass is 454 g/mol. The second kappa shape index (κ2) is 9.08. The Balaban J connectivity index is 1.64. The predicted octanol–water partition coefficient (Wildman–Crippen LogP) is 5.62. The summed E-state index contributed by atoms with van der Waals surface area (Å²) in [5.74, 6) is 0.820. The molecule has 3 heterocycles. The topological polar surface area (TPSA) is 42.3 Å². The van der Waals surface area contributed by atoms with Gasteiger partial charge in [-0.1, -0.05) is 31.2 Å². The first-order valence-corrected chi connectivity index (χ1v) is 11.5. The maximum atomic E-state index is 5.87. The van der Waals surface area contributed by atoms with Crippen LogP contribution in [0, 0.1) is 0 Å². The zero-order chi connectivity index (χ0) is 22.8. The number of hydrogen-bond donors (Lipinski definition) is 1. The summed E-state index contributed by atoms with van der Waals surface area (Å²) in [5, 5.41) is 4.24. The number of hydrogen-bond acceptors (Lipinski definition) is 3. The van der Waals surface area contributed by atoms with Crippen molar-refractivity contribution in [1.29, 1.82) is 0 Å². The van der Waals surface area contributed by atoms with E-state index in [9.17, 15) is 0 Å². The molecule has 2 aromatic carbocycles. The number of aryl methyl sites for hydroxylation is 1. The summed E-state index contributed by atoms with van der Waals surface area (Å²) in [5.41, 5.74) is 5.47. The molecule has 33 heavy (non-hydrogen) atoms. The molecule has 0 bridgehead atoms. The lowest BCUT2D eigenvalue weighted by Gasteiger charge is -2.29. The Kier molecular flexibility index (Phi) is 5.84. The van der Waals surface area contributed by atoms with Gasteiger partial charge in [-0.2, -0.15) is 0 Å². The molecule has 2 aromatic heterocycles. The number of nitrogens with zero attached hydrogens (tertiary/aromatic N) is 3. The highest BCUT2D eigenvalue weighted by molar-refractivity contribution is 7.80. The molecule has 1 fully saturated rings. The Hall–Kier alpha value is -3.64. The van der Waals surface area contributed by atoms with Gasteiger partial charge in [-0.15, -0.1) is 0 Å². The molecular weight excluding hydrogens is 428 g/mol. The van der Waals surface area contributed by atoms with Gasteiger partial charge in [0.25, 0.3) is 0 Å². The van der Waals surface area contributed by atoms with Crippen LogP contribution in [0.2, 0.25) is 0 Å². The number of anilines is 1. The van der Waals surface area contributed by atoms with Crippen molar-refractivity contribution >= 4 is 23.0 Å². The number of rotatable bonds is 6. The third-order valence-corrected chi connectivity index (χ3v) is 6.45. The molecule has 0 saturated carbocycles. The van der Waals surface area contributed by atoms with Gasteiger partial charge < -0.3 is 19.5 Å². The molecule has 0 aliphatic carbocycles. The molecular formula is C27H26N4OS. The lowest BCUT2D eigenvalue weighted by Crippen LogP contribution is -2.30. The number of nitrogens with one attached hydrogen (secondary N) is 1. The van der Waals surface area contributed by atoms with E-state index in [-0.39, 0.29) is 12.1 Å². The van der Waals surface area contributed by atoms with Crippen LogP contribution in [0.1, 0.15) is 36.0 Å². The number of methoxy groups -OCH3 is 1. The Morgan fingerprint density at radius 3 is 2.55 bits per heavy atom. The van der Waals surface area contributed by atoms with Crippen molar-refractivity contribution in [3.05, 3.63) is 108 Å². The SMILES string of the molecule is CCc1ccc(N2C(=S)N[C@@H](c3ccccn3)[C@H]2c2cccn2-c2cccc(OC)c2)cc1. The summed E-state index contributed by atoms with van der Waals surface area (Å²) in [6, 6.07) is 26.8. The summed E-state index contributed by atoms with van der Waals surface area (Å²) in [6.07, 6.45) is 4.91. The largest absolute Gasteiger partial charge is 0.497 e. The van der Waals surface area contributed by atoms with E-state index >= 15 is 0 Å². The molecule has 1 N–H and O–H groups in total. The maximum Gasteiger partial charge on any atom is 0.174 e. The van der Waals surface area contributed by atoms with Crippen LogP contribution in [0.25, 0.3) is 5.69 Å². The van der Waals surface area contributed by atoms with E-state index in [1.807, 2.05) is 36.5 Å². The first kappa shape index (κ1) is 21.2. The lowest BCUT2D eigenvalue weighted by atomic mass is 10.0. The highest BCUT2D eigenvalue weighted by Crippen LogP contribution is 2.42. The van der Waals surface area contributed by atoms with Crippen LogP contribution in [0.5, 0.6) is 5.75 Å². The molecule has 166 valence electrons.